The van der Waals surface area contributed by atoms with Gasteiger partial charge in [-0.3, -0.25) is 0 Å². The molecule has 51 heavy (non-hydrogen) atoms. The number of nitrogens with zero attached hydrogens (tertiary/aromatic N) is 4. The largest absolute Gasteiger partial charge is 2.00 e. The normalized spacial score (nSPS) is 17.6. The van der Waals surface area contributed by atoms with Gasteiger partial charge < -0.3 is 10.2 Å². The molecule has 6 nitrogen and oxygen atoms in total. The van der Waals surface area contributed by atoms with Crippen LogP contribution in [0.1, 0.15) is 22.3 Å². The third-order valence-corrected chi connectivity index (χ3v) is 9.04. The van der Waals surface area contributed by atoms with E-state index in [1.54, 1.807) is 0 Å². The van der Waals surface area contributed by atoms with Crippen LogP contribution in [0.25, 0.3) is 22.3 Å². The van der Waals surface area contributed by atoms with Crippen LogP contribution in [0.5, 0.6) is 0 Å². The Labute approximate surface area is 305 Å². The summed E-state index contributed by atoms with van der Waals surface area (Å²) in [5.74, 6) is -1.36. The van der Waals surface area contributed by atoms with Gasteiger partial charge in [-0.1, -0.05) is 133 Å². The van der Waals surface area contributed by atoms with Gasteiger partial charge in [-0.25, -0.2) is 20.0 Å². The average molecular weight is 706 g/mol. The zero-order valence-corrected chi connectivity index (χ0v) is 27.9. The van der Waals surface area contributed by atoms with Crippen LogP contribution in [0.15, 0.2) is 212 Å². The Morgan fingerprint density at radius 2 is 0.667 bits per heavy atom. The first-order valence-corrected chi connectivity index (χ1v) is 16.3. The number of hydrogen-bond acceptors (Lipinski definition) is 6. The van der Waals surface area contributed by atoms with Crippen LogP contribution in [-0.2, 0) is 17.1 Å². The van der Waals surface area contributed by atoms with Crippen LogP contribution < -0.4 is 10.2 Å². The molecule has 0 unspecified atom stereocenters. The van der Waals surface area contributed by atoms with Crippen molar-refractivity contribution in [3.8, 4) is 0 Å². The van der Waals surface area contributed by atoms with Crippen molar-refractivity contribution in [2.45, 2.75) is 0 Å². The molecule has 0 aliphatic carbocycles. The topological polar surface area (TPSA) is 95.6 Å². The molecule has 4 aromatic rings. The molecule has 0 atom stereocenters. The summed E-state index contributed by atoms with van der Waals surface area (Å²) >= 11 is 0. The Morgan fingerprint density at radius 1 is 0.333 bits per heavy atom. The quantitative estimate of drug-likeness (QED) is 0.213. The van der Waals surface area contributed by atoms with E-state index in [1.165, 1.54) is 0 Å². The molecule has 8 bridgehead atoms. The molecule has 5 aliphatic rings. The number of hydrogen-bond donors (Lipinski definition) is 0. The van der Waals surface area contributed by atoms with Gasteiger partial charge in [0.15, 0.2) is 0 Å². The van der Waals surface area contributed by atoms with Crippen molar-refractivity contribution in [1.82, 2.24) is 0 Å². The number of fused-ring (bicyclic) bond motifs is 4. The Balaban J connectivity index is 0.00000374. The molecular weight excluding hydrogens is 680 g/mol. The average Bonchev–Trinajstić information content (AvgIpc) is 3.99. The summed E-state index contributed by atoms with van der Waals surface area (Å²) < 4.78 is 0. The summed E-state index contributed by atoms with van der Waals surface area (Å²) in [7, 11) is 0. The summed E-state index contributed by atoms with van der Waals surface area (Å²) in [6.45, 7) is 0. The smallest absolute Gasteiger partial charge is 0.871 e. The maximum absolute atomic E-state index is 14.1. The third-order valence-electron chi connectivity index (χ3n) is 9.04. The second-order valence-corrected chi connectivity index (χ2v) is 12.1. The van der Waals surface area contributed by atoms with Crippen LogP contribution in [-0.4, -0.2) is 22.8 Å². The van der Waals surface area contributed by atoms with Crippen molar-refractivity contribution in [2.75, 3.05) is 0 Å². The maximum Gasteiger partial charge on any atom is 2.00 e. The van der Waals surface area contributed by atoms with E-state index in [9.17, 15) is 10.2 Å². The van der Waals surface area contributed by atoms with Crippen molar-refractivity contribution in [3.05, 3.63) is 214 Å². The van der Waals surface area contributed by atoms with Gasteiger partial charge in [-0.05, 0) is 58.7 Å². The molecule has 5 aliphatic heterocycles. The van der Waals surface area contributed by atoms with E-state index in [-0.39, 0.29) is 28.5 Å². The monoisotopic (exact) mass is 705 g/mol. The number of allylic oxidation sites excluding steroid dienone is 10. The van der Waals surface area contributed by atoms with E-state index in [0.29, 0.717) is 34.0 Å². The molecule has 245 valence electrons. The fourth-order valence-corrected chi connectivity index (χ4v) is 6.77. The minimum absolute atomic E-state index is 0. The SMILES string of the molecule is [Cu+2].[O-]C1=C([O-])C2=C(c3ccccc3)C3=NC(=C(c4ccccc4)C4=NC(=C(c5ccccc5)C5=NC(=C(c6ccccc6)C1=N2)C=C5)C=C4)C=C3. The van der Waals surface area contributed by atoms with Gasteiger partial charge in [-0.15, -0.1) is 0 Å². The second-order valence-electron chi connectivity index (χ2n) is 12.1. The molecule has 1 radical (unpaired) electrons. The minimum Gasteiger partial charge on any atom is -0.871 e. The number of rotatable bonds is 4. The standard InChI is InChI=1S/C44H28N4O2.Cu/c49-43-41-39(29-17-9-3-10-18-29)35-25-23-33(46-35)37(27-13-5-1-6-14-27)31-21-22-32(45-31)38(28-15-7-2-8-16-28)34-24-26-36(47-34)40(42(48-41)44(43)50)30-19-11-4-12-20-30;/h1-26,49-50H;/q;+2/p-2. The van der Waals surface area contributed by atoms with Crippen LogP contribution in [0, 0.1) is 0 Å². The predicted molar refractivity (Wildman–Crippen MR) is 198 cm³/mol. The van der Waals surface area contributed by atoms with Gasteiger partial charge in [0.25, 0.3) is 0 Å². The van der Waals surface area contributed by atoms with E-state index in [2.05, 4.69) is 0 Å². The molecule has 0 N–H and O–H groups in total. The number of benzene rings is 4. The van der Waals surface area contributed by atoms with Crippen molar-refractivity contribution in [1.29, 1.82) is 0 Å². The van der Waals surface area contributed by atoms with Gasteiger partial charge in [0.1, 0.15) is 0 Å². The van der Waals surface area contributed by atoms with Crippen molar-refractivity contribution in [3.63, 3.8) is 0 Å². The summed E-state index contributed by atoms with van der Waals surface area (Å²) in [6.07, 6.45) is 11.7. The van der Waals surface area contributed by atoms with Gasteiger partial charge in [-0.2, -0.15) is 0 Å². The molecular formula is C44H26CuN4O2. The third kappa shape index (κ3) is 5.55. The Kier molecular flexibility index (Phi) is 8.20. The summed E-state index contributed by atoms with van der Waals surface area (Å²) in [4.78, 5) is 20.4. The van der Waals surface area contributed by atoms with Gasteiger partial charge >= 0.3 is 17.1 Å². The first-order valence-electron chi connectivity index (χ1n) is 16.3. The van der Waals surface area contributed by atoms with E-state index >= 15 is 0 Å². The molecule has 9 rings (SSSR count). The fraction of sp³-hybridized carbons (Fsp3) is 0. The first-order chi connectivity index (χ1) is 24.6. The molecule has 7 heteroatoms. The molecule has 5 heterocycles. The Hall–Kier alpha value is -6.40. The predicted octanol–water partition coefficient (Wildman–Crippen LogP) is 7.06. The molecule has 0 saturated heterocycles. The molecule has 0 aromatic heterocycles. The summed E-state index contributed by atoms with van der Waals surface area (Å²) in [6, 6.07) is 39.1. The van der Waals surface area contributed by atoms with E-state index < -0.39 is 11.5 Å². The van der Waals surface area contributed by atoms with Gasteiger partial charge in [0.05, 0.1) is 45.6 Å². The summed E-state index contributed by atoms with van der Waals surface area (Å²) in [5, 5.41) is 28.2. The van der Waals surface area contributed by atoms with E-state index in [0.717, 1.165) is 44.8 Å². The fourth-order valence-electron chi connectivity index (χ4n) is 6.77. The first kappa shape index (κ1) is 31.8. The maximum atomic E-state index is 14.1. The van der Waals surface area contributed by atoms with Crippen molar-refractivity contribution in [2.24, 2.45) is 20.0 Å². The van der Waals surface area contributed by atoms with Crippen LogP contribution in [0.2, 0.25) is 0 Å². The second kappa shape index (κ2) is 13.1. The van der Waals surface area contributed by atoms with Crippen molar-refractivity contribution >= 4 is 45.1 Å². The zero-order valence-electron chi connectivity index (χ0n) is 26.9. The Bertz CT molecular complexity index is 2490. The minimum atomic E-state index is -0.682. The molecule has 0 fully saturated rings. The molecule has 4 aromatic carbocycles. The molecule has 0 spiro atoms. The van der Waals surface area contributed by atoms with Gasteiger partial charge in [0.2, 0.25) is 0 Å². The zero-order chi connectivity index (χ0) is 33.6. The van der Waals surface area contributed by atoms with Gasteiger partial charge in [0, 0.05) is 22.3 Å². The molecule has 0 amide bonds. The van der Waals surface area contributed by atoms with Crippen LogP contribution in [0.4, 0.5) is 0 Å². The Morgan fingerprint density at radius 3 is 1.08 bits per heavy atom. The van der Waals surface area contributed by atoms with E-state index in [4.69, 9.17) is 20.0 Å². The van der Waals surface area contributed by atoms with Crippen molar-refractivity contribution < 1.29 is 27.3 Å². The summed E-state index contributed by atoms with van der Waals surface area (Å²) in [5.41, 5.74) is 10.1. The van der Waals surface area contributed by atoms with E-state index in [1.807, 2.05) is 158 Å². The van der Waals surface area contributed by atoms with Crippen LogP contribution in [0.3, 0.4) is 0 Å². The molecule has 0 saturated carbocycles. The number of aliphatic imine (C=N–C) groups is 4. The van der Waals surface area contributed by atoms with Crippen LogP contribution >= 0.6 is 0 Å².